The Morgan fingerprint density at radius 1 is 1.19 bits per heavy atom. The van der Waals surface area contributed by atoms with Gasteiger partial charge in [0.25, 0.3) is 0 Å². The highest BCUT2D eigenvalue weighted by atomic mass is 32.2. The van der Waals surface area contributed by atoms with E-state index in [-0.39, 0.29) is 17.3 Å². The molecule has 0 saturated carbocycles. The zero-order valence-corrected chi connectivity index (χ0v) is 22.1. The molecule has 1 aromatic carbocycles. The fourth-order valence-electron chi connectivity index (χ4n) is 3.17. The second-order valence-corrected chi connectivity index (χ2v) is 9.19. The lowest BCUT2D eigenvalue weighted by Crippen LogP contribution is -2.34. The van der Waals surface area contributed by atoms with E-state index in [1.165, 1.54) is 11.8 Å². The van der Waals surface area contributed by atoms with E-state index in [0.29, 0.717) is 16.8 Å². The fourth-order valence-corrected chi connectivity index (χ4v) is 3.63. The summed E-state index contributed by atoms with van der Waals surface area (Å²) in [5.41, 5.74) is 0.792. The van der Waals surface area contributed by atoms with Crippen LogP contribution in [-0.2, 0) is 5.41 Å². The van der Waals surface area contributed by atoms with Crippen molar-refractivity contribution in [1.82, 2.24) is 10.1 Å². The molecular formula is C25H41FN4OS. The van der Waals surface area contributed by atoms with E-state index in [9.17, 15) is 4.39 Å². The highest BCUT2D eigenvalue weighted by Gasteiger charge is 2.26. The smallest absolute Gasteiger partial charge is 0.324 e. The van der Waals surface area contributed by atoms with Gasteiger partial charge in [-0.2, -0.15) is 4.98 Å². The number of benzene rings is 1. The molecule has 0 radical (unpaired) electrons. The zero-order valence-electron chi connectivity index (χ0n) is 21.3. The Labute approximate surface area is 198 Å². The van der Waals surface area contributed by atoms with Gasteiger partial charge >= 0.3 is 6.01 Å². The summed E-state index contributed by atoms with van der Waals surface area (Å²) < 4.78 is 19.4. The van der Waals surface area contributed by atoms with Crippen LogP contribution in [0.4, 0.5) is 10.4 Å². The first-order chi connectivity index (χ1) is 15.3. The van der Waals surface area contributed by atoms with Crippen molar-refractivity contribution in [1.29, 1.82) is 0 Å². The van der Waals surface area contributed by atoms with Crippen LogP contribution in [0.1, 0.15) is 85.7 Å². The Morgan fingerprint density at radius 3 is 2.31 bits per heavy atom. The Kier molecular flexibility index (Phi) is 12.0. The first kappa shape index (κ1) is 28.1. The van der Waals surface area contributed by atoms with Crippen molar-refractivity contribution in [2.24, 2.45) is 10.9 Å². The van der Waals surface area contributed by atoms with Crippen LogP contribution in [0.5, 0.6) is 0 Å². The molecule has 1 saturated heterocycles. The van der Waals surface area contributed by atoms with Crippen molar-refractivity contribution in [2.75, 3.05) is 24.2 Å². The lowest BCUT2D eigenvalue weighted by Gasteiger charge is -2.28. The maximum atomic E-state index is 14.0. The predicted octanol–water partition coefficient (Wildman–Crippen LogP) is 7.33. The lowest BCUT2D eigenvalue weighted by atomic mass is 9.96. The number of halogens is 1. The normalized spacial score (nSPS) is 15.6. The first-order valence-electron chi connectivity index (χ1n) is 11.7. The highest BCUT2D eigenvalue weighted by Crippen LogP contribution is 2.27. The van der Waals surface area contributed by atoms with E-state index in [1.807, 2.05) is 59.2 Å². The highest BCUT2D eigenvalue weighted by molar-refractivity contribution is 7.98. The summed E-state index contributed by atoms with van der Waals surface area (Å²) in [7, 11) is 0. The summed E-state index contributed by atoms with van der Waals surface area (Å²) >= 11 is 1.42. The molecule has 0 aliphatic carbocycles. The van der Waals surface area contributed by atoms with Crippen molar-refractivity contribution < 1.29 is 8.91 Å². The summed E-state index contributed by atoms with van der Waals surface area (Å²) in [6.07, 6.45) is 5.90. The van der Waals surface area contributed by atoms with E-state index >= 15 is 0 Å². The molecule has 2 aromatic rings. The number of rotatable bonds is 5. The maximum Gasteiger partial charge on any atom is 0.324 e. The van der Waals surface area contributed by atoms with Gasteiger partial charge < -0.3 is 9.42 Å². The van der Waals surface area contributed by atoms with Crippen molar-refractivity contribution in [2.45, 2.75) is 84.6 Å². The molecule has 5 nitrogen and oxygen atoms in total. The summed E-state index contributed by atoms with van der Waals surface area (Å²) in [4.78, 5) is 12.0. The van der Waals surface area contributed by atoms with Gasteiger partial charge in [-0.25, -0.2) is 4.39 Å². The number of hydrogen-bond acceptors (Lipinski definition) is 6. The van der Waals surface area contributed by atoms with Gasteiger partial charge in [-0.05, 0) is 49.6 Å². The molecule has 0 N–H and O–H groups in total. The van der Waals surface area contributed by atoms with E-state index in [4.69, 9.17) is 4.52 Å². The molecule has 1 aliphatic rings. The standard InChI is InChI=1S/C21H29FN4OS.2C2H6/c1-14(16-6-7-18(28-5)17(22)12-16)23-13-15-8-10-26(11-9-15)20-24-19(25-27-20)21(2,3)4;2*1-2/h6-7,12-15H,8-11H2,1-5H3;2*1-2H3. The third-order valence-electron chi connectivity index (χ3n) is 5.08. The minimum Gasteiger partial charge on any atom is -0.324 e. The number of aliphatic imine (C=N–C) groups is 1. The minimum atomic E-state index is -0.172. The molecule has 180 valence electrons. The van der Waals surface area contributed by atoms with Crippen LogP contribution >= 0.6 is 11.8 Å². The minimum absolute atomic E-state index is 0.0475. The molecule has 32 heavy (non-hydrogen) atoms. The predicted molar refractivity (Wildman–Crippen MR) is 136 cm³/mol. The van der Waals surface area contributed by atoms with Gasteiger partial charge in [0.1, 0.15) is 5.82 Å². The van der Waals surface area contributed by atoms with Crippen molar-refractivity contribution in [3.63, 3.8) is 0 Å². The van der Waals surface area contributed by atoms with Gasteiger partial charge in [-0.1, -0.05) is 59.7 Å². The summed E-state index contributed by atoms with van der Waals surface area (Å²) in [6.45, 7) is 18.0. The van der Waals surface area contributed by atoms with Gasteiger partial charge in [-0.3, -0.25) is 4.99 Å². The van der Waals surface area contributed by atoms with Gasteiger partial charge in [0.05, 0.1) is 6.04 Å². The quantitative estimate of drug-likeness (QED) is 0.342. The van der Waals surface area contributed by atoms with Crippen molar-refractivity contribution >= 4 is 24.0 Å². The molecule has 2 heterocycles. The monoisotopic (exact) mass is 464 g/mol. The van der Waals surface area contributed by atoms with Crippen LogP contribution < -0.4 is 4.90 Å². The fraction of sp³-hybridized carbons (Fsp3) is 0.640. The number of hydrogen-bond donors (Lipinski definition) is 0. The average molecular weight is 465 g/mol. The SMILES string of the molecule is CC.CC.CSc1ccc(C(C)N=CC2CCN(c3nc(C(C)(C)C)no3)CC2)cc1F. The molecule has 1 atom stereocenters. The summed E-state index contributed by atoms with van der Waals surface area (Å²) in [5.74, 6) is 0.980. The molecule has 1 aromatic heterocycles. The molecule has 3 rings (SSSR count). The first-order valence-corrected chi connectivity index (χ1v) is 13.0. The lowest BCUT2D eigenvalue weighted by molar-refractivity contribution is 0.378. The van der Waals surface area contributed by atoms with Crippen molar-refractivity contribution in [3.8, 4) is 0 Å². The summed E-state index contributed by atoms with van der Waals surface area (Å²) in [5, 5.41) is 4.11. The van der Waals surface area contributed by atoms with Gasteiger partial charge in [0.2, 0.25) is 0 Å². The second-order valence-electron chi connectivity index (χ2n) is 8.34. The average Bonchev–Trinajstić information content (AvgIpc) is 3.31. The third-order valence-corrected chi connectivity index (χ3v) is 5.85. The molecule has 1 fully saturated rings. The Morgan fingerprint density at radius 2 is 1.81 bits per heavy atom. The van der Waals surface area contributed by atoms with Crippen LogP contribution in [0.25, 0.3) is 0 Å². The number of thioether (sulfide) groups is 1. The number of nitrogens with zero attached hydrogens (tertiary/aromatic N) is 4. The van der Waals surface area contributed by atoms with E-state index in [2.05, 4.69) is 40.8 Å². The number of anilines is 1. The largest absolute Gasteiger partial charge is 0.324 e. The molecule has 1 aliphatic heterocycles. The van der Waals surface area contributed by atoms with Gasteiger partial charge in [0, 0.05) is 29.6 Å². The molecule has 0 spiro atoms. The molecule has 0 amide bonds. The Hall–Kier alpha value is -1.89. The Balaban J connectivity index is 0.00000121. The Bertz CT molecular complexity index is 824. The van der Waals surface area contributed by atoms with Crippen LogP contribution in [-0.4, -0.2) is 35.7 Å². The summed E-state index contributed by atoms with van der Waals surface area (Å²) in [6, 6.07) is 5.95. The third kappa shape index (κ3) is 7.91. The number of piperidine rings is 1. The molecule has 0 bridgehead atoms. The molecule has 7 heteroatoms. The zero-order chi connectivity index (χ0) is 24.3. The topological polar surface area (TPSA) is 54.5 Å². The van der Waals surface area contributed by atoms with E-state index in [1.54, 1.807) is 6.07 Å². The van der Waals surface area contributed by atoms with Gasteiger partial charge in [0.15, 0.2) is 5.82 Å². The van der Waals surface area contributed by atoms with Crippen LogP contribution in [0, 0.1) is 11.7 Å². The maximum absolute atomic E-state index is 14.0. The second kappa shape index (κ2) is 13.6. The van der Waals surface area contributed by atoms with E-state index in [0.717, 1.165) is 37.3 Å². The van der Waals surface area contributed by atoms with E-state index < -0.39 is 0 Å². The van der Waals surface area contributed by atoms with Crippen LogP contribution in [0.15, 0.2) is 32.6 Å². The molecule has 1 unspecified atom stereocenters. The van der Waals surface area contributed by atoms with Crippen molar-refractivity contribution in [3.05, 3.63) is 35.4 Å². The molecular weight excluding hydrogens is 423 g/mol. The number of aromatic nitrogens is 2. The van der Waals surface area contributed by atoms with Gasteiger partial charge in [-0.15, -0.1) is 11.8 Å². The van der Waals surface area contributed by atoms with Crippen LogP contribution in [0.2, 0.25) is 0 Å². The van der Waals surface area contributed by atoms with Crippen LogP contribution in [0.3, 0.4) is 0 Å².